The number of rotatable bonds is 4. The van der Waals surface area contributed by atoms with Gasteiger partial charge in [0.05, 0.1) is 12.1 Å². The fourth-order valence-corrected chi connectivity index (χ4v) is 3.67. The van der Waals surface area contributed by atoms with Crippen LogP contribution in [0.15, 0.2) is 0 Å². The number of esters is 1. The van der Waals surface area contributed by atoms with Crippen molar-refractivity contribution >= 4 is 33.2 Å². The van der Waals surface area contributed by atoms with Crippen LogP contribution in [0.1, 0.15) is 26.7 Å². The van der Waals surface area contributed by atoms with Crippen LogP contribution >= 0.6 is 12.2 Å². The first-order valence-corrected chi connectivity index (χ1v) is 7.93. The summed E-state index contributed by atoms with van der Waals surface area (Å²) in [5.41, 5.74) is 5.37. The zero-order valence-corrected chi connectivity index (χ0v) is 13.0. The summed E-state index contributed by atoms with van der Waals surface area (Å²) in [5, 5.41) is -1.19. The second kappa shape index (κ2) is 5.72. The fourth-order valence-electron chi connectivity index (χ4n) is 1.99. The molecule has 19 heavy (non-hydrogen) atoms. The minimum absolute atomic E-state index is 0.310. The molecule has 1 heterocycles. The van der Waals surface area contributed by atoms with Gasteiger partial charge in [-0.05, 0) is 19.8 Å². The van der Waals surface area contributed by atoms with Crippen LogP contribution in [0.3, 0.4) is 0 Å². The number of piperidine rings is 1. The molecule has 0 saturated carbocycles. The van der Waals surface area contributed by atoms with Crippen LogP contribution in [-0.4, -0.2) is 49.1 Å². The molecule has 0 aliphatic carbocycles. The van der Waals surface area contributed by atoms with Crippen molar-refractivity contribution in [1.82, 2.24) is 4.31 Å². The van der Waals surface area contributed by atoms with Gasteiger partial charge in [0, 0.05) is 18.5 Å². The van der Waals surface area contributed by atoms with E-state index in [1.54, 1.807) is 0 Å². The van der Waals surface area contributed by atoms with Gasteiger partial charge >= 0.3 is 5.97 Å². The highest BCUT2D eigenvalue weighted by atomic mass is 32.2. The molecule has 0 bridgehead atoms. The van der Waals surface area contributed by atoms with E-state index in [1.165, 1.54) is 18.3 Å². The van der Waals surface area contributed by atoms with Crippen molar-refractivity contribution in [1.29, 1.82) is 0 Å². The van der Waals surface area contributed by atoms with Crippen LogP contribution in [0.25, 0.3) is 0 Å². The van der Waals surface area contributed by atoms with E-state index in [-0.39, 0.29) is 5.41 Å². The Bertz CT molecular complexity index is 467. The van der Waals surface area contributed by atoms with Crippen molar-refractivity contribution in [2.45, 2.75) is 31.9 Å². The smallest absolute Gasteiger partial charge is 0.325 e. The molecule has 1 aliphatic rings. The van der Waals surface area contributed by atoms with Crippen molar-refractivity contribution in [3.8, 4) is 0 Å². The van der Waals surface area contributed by atoms with E-state index in [2.05, 4.69) is 4.74 Å². The van der Waals surface area contributed by atoms with Crippen molar-refractivity contribution in [2.75, 3.05) is 20.2 Å². The van der Waals surface area contributed by atoms with E-state index in [1.807, 2.05) is 6.92 Å². The SMILES string of the molecule is COC(=O)C(C)S(=O)(=O)N1CCC(C)(C(N)=S)CC1. The molecule has 1 aliphatic heterocycles. The molecule has 1 unspecified atom stereocenters. The van der Waals surface area contributed by atoms with E-state index in [9.17, 15) is 13.2 Å². The largest absolute Gasteiger partial charge is 0.468 e. The van der Waals surface area contributed by atoms with Crippen LogP contribution < -0.4 is 5.73 Å². The third-order valence-corrected chi connectivity index (χ3v) is 6.42. The zero-order chi connectivity index (χ0) is 14.8. The van der Waals surface area contributed by atoms with Crippen LogP contribution in [0.4, 0.5) is 0 Å². The Morgan fingerprint density at radius 2 is 1.89 bits per heavy atom. The maximum atomic E-state index is 12.2. The first-order chi connectivity index (χ1) is 8.65. The molecule has 0 aromatic rings. The quantitative estimate of drug-likeness (QED) is 0.592. The molecule has 1 saturated heterocycles. The molecule has 0 aromatic carbocycles. The van der Waals surface area contributed by atoms with Crippen molar-refractivity contribution in [3.05, 3.63) is 0 Å². The standard InChI is InChI=1S/C11H20N2O4S2/c1-8(9(14)17-3)19(15,16)13-6-4-11(2,5-7-13)10(12)18/h8H,4-7H2,1-3H3,(H2,12,18). The Morgan fingerprint density at radius 3 is 2.26 bits per heavy atom. The van der Waals surface area contributed by atoms with Gasteiger partial charge in [-0.2, -0.15) is 0 Å². The summed E-state index contributed by atoms with van der Waals surface area (Å²) in [4.78, 5) is 11.8. The van der Waals surface area contributed by atoms with E-state index < -0.39 is 21.2 Å². The second-order valence-corrected chi connectivity index (χ2v) is 7.73. The third-order valence-electron chi connectivity index (χ3n) is 3.76. The number of nitrogens with zero attached hydrogens (tertiary/aromatic N) is 1. The maximum Gasteiger partial charge on any atom is 0.325 e. The number of ether oxygens (including phenoxy) is 1. The average molecular weight is 308 g/mol. The van der Waals surface area contributed by atoms with E-state index in [0.29, 0.717) is 30.9 Å². The van der Waals surface area contributed by atoms with Gasteiger partial charge in [-0.15, -0.1) is 0 Å². The summed E-state index contributed by atoms with van der Waals surface area (Å²) in [7, 11) is -2.50. The van der Waals surface area contributed by atoms with E-state index in [4.69, 9.17) is 18.0 Å². The lowest BCUT2D eigenvalue weighted by atomic mass is 9.81. The number of hydrogen-bond donors (Lipinski definition) is 1. The molecule has 0 radical (unpaired) electrons. The number of carbonyl (C=O) groups excluding carboxylic acids is 1. The molecule has 8 heteroatoms. The first kappa shape index (κ1) is 16.3. The maximum absolute atomic E-state index is 12.2. The lowest BCUT2D eigenvalue weighted by Crippen LogP contribution is -2.50. The Labute approximate surface area is 119 Å². The van der Waals surface area contributed by atoms with Gasteiger partial charge in [0.1, 0.15) is 0 Å². The minimum atomic E-state index is -3.67. The van der Waals surface area contributed by atoms with Gasteiger partial charge in [-0.1, -0.05) is 19.1 Å². The van der Waals surface area contributed by atoms with Gasteiger partial charge in [-0.25, -0.2) is 12.7 Å². The summed E-state index contributed by atoms with van der Waals surface area (Å²) in [6.45, 7) is 3.90. The highest BCUT2D eigenvalue weighted by molar-refractivity contribution is 7.90. The Morgan fingerprint density at radius 1 is 1.42 bits per heavy atom. The van der Waals surface area contributed by atoms with Crippen molar-refractivity contribution in [3.63, 3.8) is 0 Å². The lowest BCUT2D eigenvalue weighted by molar-refractivity contribution is -0.139. The number of methoxy groups -OCH3 is 1. The third kappa shape index (κ3) is 3.24. The molecule has 1 atom stereocenters. The average Bonchev–Trinajstić information content (AvgIpc) is 2.37. The Balaban J connectivity index is 2.80. The Kier molecular flexibility index (Phi) is 4.91. The summed E-state index contributed by atoms with van der Waals surface area (Å²) >= 11 is 5.01. The molecule has 0 aromatic heterocycles. The summed E-state index contributed by atoms with van der Waals surface area (Å²) in [5.74, 6) is -0.748. The van der Waals surface area contributed by atoms with Crippen LogP contribution in [-0.2, 0) is 19.6 Å². The second-order valence-electron chi connectivity index (χ2n) is 5.03. The predicted molar refractivity (Wildman–Crippen MR) is 76.1 cm³/mol. The predicted octanol–water partition coefficient (Wildman–Crippen LogP) is 0.266. The molecule has 6 nitrogen and oxygen atoms in total. The number of thiocarbonyl (C=S) groups is 1. The van der Waals surface area contributed by atoms with E-state index in [0.717, 1.165) is 0 Å². The minimum Gasteiger partial charge on any atom is -0.468 e. The molecular weight excluding hydrogens is 288 g/mol. The van der Waals surface area contributed by atoms with Crippen molar-refractivity contribution < 1.29 is 17.9 Å². The van der Waals surface area contributed by atoms with E-state index >= 15 is 0 Å². The molecule has 0 spiro atoms. The molecule has 0 amide bonds. The molecule has 1 fully saturated rings. The number of hydrogen-bond acceptors (Lipinski definition) is 5. The van der Waals surface area contributed by atoms with Crippen LogP contribution in [0.5, 0.6) is 0 Å². The van der Waals surface area contributed by atoms with Gasteiger partial charge < -0.3 is 10.5 Å². The number of nitrogens with two attached hydrogens (primary N) is 1. The monoisotopic (exact) mass is 308 g/mol. The zero-order valence-electron chi connectivity index (χ0n) is 11.4. The highest BCUT2D eigenvalue weighted by Crippen LogP contribution is 2.32. The van der Waals surface area contributed by atoms with Gasteiger partial charge in [-0.3, -0.25) is 4.79 Å². The van der Waals surface area contributed by atoms with Gasteiger partial charge in [0.25, 0.3) is 0 Å². The molecule has 2 N–H and O–H groups in total. The van der Waals surface area contributed by atoms with Gasteiger partial charge in [0.2, 0.25) is 10.0 Å². The van der Waals surface area contributed by atoms with Crippen LogP contribution in [0.2, 0.25) is 0 Å². The summed E-state index contributed by atoms with van der Waals surface area (Å²) in [6.07, 6.45) is 1.13. The molecular formula is C11H20N2O4S2. The Hall–Kier alpha value is -0.730. The van der Waals surface area contributed by atoms with Crippen LogP contribution in [0, 0.1) is 5.41 Å². The first-order valence-electron chi connectivity index (χ1n) is 6.02. The van der Waals surface area contributed by atoms with Crippen molar-refractivity contribution in [2.24, 2.45) is 11.1 Å². The molecule has 1 rings (SSSR count). The number of carbonyl (C=O) groups is 1. The topological polar surface area (TPSA) is 89.7 Å². The highest BCUT2D eigenvalue weighted by Gasteiger charge is 2.40. The summed E-state index contributed by atoms with van der Waals surface area (Å²) < 4.78 is 30.3. The van der Waals surface area contributed by atoms with Gasteiger partial charge in [0.15, 0.2) is 5.25 Å². The molecule has 110 valence electrons. The fraction of sp³-hybridized carbons (Fsp3) is 0.818. The normalized spacial score (nSPS) is 21.6. The number of sulfonamides is 1. The summed E-state index contributed by atoms with van der Waals surface area (Å²) in [6, 6.07) is 0. The lowest BCUT2D eigenvalue weighted by Gasteiger charge is -2.38.